The van der Waals surface area contributed by atoms with Gasteiger partial charge in [-0.05, 0) is 19.0 Å². The van der Waals surface area contributed by atoms with Crippen LogP contribution in [0.3, 0.4) is 0 Å². The van der Waals surface area contributed by atoms with E-state index in [4.69, 9.17) is 10.5 Å². The number of likely N-dealkylation sites (N-methyl/N-ethyl adjacent to an activating group) is 1. The summed E-state index contributed by atoms with van der Waals surface area (Å²) in [4.78, 5) is 14.0. The van der Waals surface area contributed by atoms with Crippen LogP contribution in [-0.2, 0) is 4.79 Å². The Morgan fingerprint density at radius 3 is 3.06 bits per heavy atom. The number of nitrogens with zero attached hydrogens (tertiary/aromatic N) is 1. The van der Waals surface area contributed by atoms with Crippen LogP contribution in [0.4, 0.5) is 0 Å². The second kappa shape index (κ2) is 5.19. The van der Waals surface area contributed by atoms with Gasteiger partial charge in [-0.15, -0.1) is 0 Å². The molecule has 4 heteroatoms. The van der Waals surface area contributed by atoms with Gasteiger partial charge in [0.25, 0.3) is 0 Å². The topological polar surface area (TPSA) is 55.6 Å². The second-order valence-electron chi connectivity index (χ2n) is 4.30. The summed E-state index contributed by atoms with van der Waals surface area (Å²) in [6.07, 6.45) is 0.831. The normalized spacial score (nSPS) is 17.4. The van der Waals surface area contributed by atoms with Gasteiger partial charge in [0.1, 0.15) is 18.3 Å². The van der Waals surface area contributed by atoms with E-state index in [-0.39, 0.29) is 11.8 Å². The summed E-state index contributed by atoms with van der Waals surface area (Å²) < 4.78 is 5.51. The summed E-state index contributed by atoms with van der Waals surface area (Å²) in [5.74, 6) is 0.787. The highest BCUT2D eigenvalue weighted by Crippen LogP contribution is 2.34. The molecule has 1 unspecified atom stereocenters. The minimum atomic E-state index is -0.158. The molecule has 1 heterocycles. The fourth-order valence-electron chi connectivity index (χ4n) is 2.07. The molecule has 1 aromatic carbocycles. The summed E-state index contributed by atoms with van der Waals surface area (Å²) in [6.45, 7) is 1.76. The Morgan fingerprint density at radius 2 is 2.29 bits per heavy atom. The van der Waals surface area contributed by atoms with Crippen molar-refractivity contribution in [3.8, 4) is 5.75 Å². The number of carbonyl (C=O) groups is 1. The van der Waals surface area contributed by atoms with E-state index < -0.39 is 0 Å². The highest BCUT2D eigenvalue weighted by Gasteiger charge is 2.31. The van der Waals surface area contributed by atoms with E-state index in [0.29, 0.717) is 19.7 Å². The van der Waals surface area contributed by atoms with Crippen molar-refractivity contribution in [2.45, 2.75) is 12.3 Å². The Bertz CT molecular complexity index is 406. The number of para-hydroxylation sites is 1. The molecule has 0 radical (unpaired) electrons. The highest BCUT2D eigenvalue weighted by atomic mass is 16.5. The molecule has 2 rings (SSSR count). The van der Waals surface area contributed by atoms with E-state index in [2.05, 4.69) is 0 Å². The average molecular weight is 234 g/mol. The van der Waals surface area contributed by atoms with Crippen molar-refractivity contribution in [3.05, 3.63) is 29.8 Å². The van der Waals surface area contributed by atoms with Crippen LogP contribution >= 0.6 is 0 Å². The van der Waals surface area contributed by atoms with E-state index in [1.165, 1.54) is 0 Å². The molecular weight excluding hydrogens is 216 g/mol. The van der Waals surface area contributed by atoms with Crippen molar-refractivity contribution < 1.29 is 9.53 Å². The van der Waals surface area contributed by atoms with Crippen molar-refractivity contribution >= 4 is 5.91 Å². The molecule has 0 saturated heterocycles. The van der Waals surface area contributed by atoms with Gasteiger partial charge in [-0.25, -0.2) is 0 Å². The van der Waals surface area contributed by atoms with E-state index in [9.17, 15) is 4.79 Å². The van der Waals surface area contributed by atoms with Crippen LogP contribution in [0.25, 0.3) is 0 Å². The molecule has 0 aromatic heterocycles. The average Bonchev–Trinajstić information content (AvgIpc) is 2.78. The van der Waals surface area contributed by atoms with Gasteiger partial charge >= 0.3 is 0 Å². The predicted octanol–water partition coefficient (Wildman–Crippen LogP) is 0.970. The van der Waals surface area contributed by atoms with Gasteiger partial charge in [0.05, 0.1) is 0 Å². The maximum absolute atomic E-state index is 12.2. The monoisotopic (exact) mass is 234 g/mol. The highest BCUT2D eigenvalue weighted by molar-refractivity contribution is 5.85. The number of hydrogen-bond donors (Lipinski definition) is 1. The van der Waals surface area contributed by atoms with E-state index in [1.54, 1.807) is 4.90 Å². The Hall–Kier alpha value is -1.55. The molecule has 1 atom stereocenters. The zero-order valence-corrected chi connectivity index (χ0v) is 10.1. The number of amides is 1. The Morgan fingerprint density at radius 1 is 1.53 bits per heavy atom. The van der Waals surface area contributed by atoms with Gasteiger partial charge in [0, 0.05) is 19.2 Å². The Labute approximate surface area is 101 Å². The fourth-order valence-corrected chi connectivity index (χ4v) is 2.07. The lowest BCUT2D eigenvalue weighted by Crippen LogP contribution is -2.34. The lowest BCUT2D eigenvalue weighted by molar-refractivity contribution is -0.131. The second-order valence-corrected chi connectivity index (χ2v) is 4.30. The van der Waals surface area contributed by atoms with Gasteiger partial charge in [0.2, 0.25) is 5.91 Å². The van der Waals surface area contributed by atoms with E-state index in [1.807, 2.05) is 31.3 Å². The molecule has 0 saturated carbocycles. The molecule has 1 aliphatic rings. The van der Waals surface area contributed by atoms with Gasteiger partial charge in [-0.2, -0.15) is 0 Å². The summed E-state index contributed by atoms with van der Waals surface area (Å²) in [5.41, 5.74) is 6.44. The van der Waals surface area contributed by atoms with E-state index in [0.717, 1.165) is 17.7 Å². The molecule has 0 aliphatic carbocycles. The number of benzene rings is 1. The minimum Gasteiger partial charge on any atom is -0.492 e. The first-order chi connectivity index (χ1) is 8.24. The molecule has 4 nitrogen and oxygen atoms in total. The van der Waals surface area contributed by atoms with Crippen LogP contribution < -0.4 is 10.5 Å². The van der Waals surface area contributed by atoms with Gasteiger partial charge < -0.3 is 15.4 Å². The molecule has 1 amide bonds. The van der Waals surface area contributed by atoms with Crippen LogP contribution in [0.5, 0.6) is 5.75 Å². The predicted molar refractivity (Wildman–Crippen MR) is 66.0 cm³/mol. The van der Waals surface area contributed by atoms with Crippen LogP contribution in [0.1, 0.15) is 17.9 Å². The van der Waals surface area contributed by atoms with Crippen LogP contribution in [0.2, 0.25) is 0 Å². The number of ether oxygens (including phenoxy) is 1. The maximum atomic E-state index is 12.2. The first-order valence-electron chi connectivity index (χ1n) is 5.91. The third-order valence-electron chi connectivity index (χ3n) is 3.07. The van der Waals surface area contributed by atoms with Crippen LogP contribution in [0.15, 0.2) is 24.3 Å². The Kier molecular flexibility index (Phi) is 3.64. The molecule has 2 N–H and O–H groups in total. The largest absolute Gasteiger partial charge is 0.492 e. The number of rotatable bonds is 4. The van der Waals surface area contributed by atoms with Gasteiger partial charge in [-0.3, -0.25) is 4.79 Å². The first-order valence-corrected chi connectivity index (χ1v) is 5.91. The Balaban J connectivity index is 2.07. The molecule has 17 heavy (non-hydrogen) atoms. The van der Waals surface area contributed by atoms with Crippen molar-refractivity contribution in [3.63, 3.8) is 0 Å². The molecule has 0 fully saturated rings. The number of carbonyl (C=O) groups excluding carboxylic acids is 1. The molecule has 0 bridgehead atoms. The first kappa shape index (κ1) is 11.9. The summed E-state index contributed by atoms with van der Waals surface area (Å²) in [6, 6.07) is 7.72. The SMILES string of the molecule is CN(CCCN)C(=O)C1COc2ccccc21. The van der Waals surface area contributed by atoms with Crippen molar-refractivity contribution in [2.24, 2.45) is 5.73 Å². The van der Waals surface area contributed by atoms with Crippen molar-refractivity contribution in [1.29, 1.82) is 0 Å². The van der Waals surface area contributed by atoms with Gasteiger partial charge in [-0.1, -0.05) is 18.2 Å². The lowest BCUT2D eigenvalue weighted by Gasteiger charge is -2.20. The third-order valence-corrected chi connectivity index (χ3v) is 3.07. The fraction of sp³-hybridized carbons (Fsp3) is 0.462. The van der Waals surface area contributed by atoms with Gasteiger partial charge in [0.15, 0.2) is 0 Å². The van der Waals surface area contributed by atoms with Crippen molar-refractivity contribution in [2.75, 3.05) is 26.7 Å². The lowest BCUT2D eigenvalue weighted by atomic mass is 10.00. The number of hydrogen-bond acceptors (Lipinski definition) is 3. The zero-order chi connectivity index (χ0) is 12.3. The standard InChI is InChI=1S/C13H18N2O2/c1-15(8-4-7-14)13(16)11-9-17-12-6-3-2-5-10(11)12/h2-3,5-6,11H,4,7-9,14H2,1H3. The van der Waals surface area contributed by atoms with Crippen LogP contribution in [0, 0.1) is 0 Å². The van der Waals surface area contributed by atoms with Crippen LogP contribution in [-0.4, -0.2) is 37.6 Å². The molecule has 92 valence electrons. The summed E-state index contributed by atoms with van der Waals surface area (Å²) in [7, 11) is 1.82. The molecule has 1 aliphatic heterocycles. The number of nitrogens with two attached hydrogens (primary N) is 1. The molecule has 0 spiro atoms. The smallest absolute Gasteiger partial charge is 0.233 e. The summed E-state index contributed by atoms with van der Waals surface area (Å²) >= 11 is 0. The maximum Gasteiger partial charge on any atom is 0.233 e. The molecule has 1 aromatic rings. The number of fused-ring (bicyclic) bond motifs is 1. The third kappa shape index (κ3) is 2.42. The van der Waals surface area contributed by atoms with Crippen molar-refractivity contribution in [1.82, 2.24) is 4.90 Å². The minimum absolute atomic E-state index is 0.114. The molecular formula is C13H18N2O2. The zero-order valence-electron chi connectivity index (χ0n) is 10.1. The quantitative estimate of drug-likeness (QED) is 0.844. The summed E-state index contributed by atoms with van der Waals surface area (Å²) in [5, 5.41) is 0. The van der Waals surface area contributed by atoms with E-state index >= 15 is 0 Å².